The molecule has 0 saturated carbocycles. The largest absolute Gasteiger partial charge is 0.360 e. The van der Waals surface area contributed by atoms with Gasteiger partial charge in [0.15, 0.2) is 0 Å². The van der Waals surface area contributed by atoms with E-state index >= 15 is 0 Å². The van der Waals surface area contributed by atoms with Crippen LogP contribution in [-0.2, 0) is 0 Å². The molecule has 5 rings (SSSR count). The molecule has 7 nitrogen and oxygen atoms in total. The molecule has 32 heavy (non-hydrogen) atoms. The van der Waals surface area contributed by atoms with Gasteiger partial charge in [-0.1, -0.05) is 35.0 Å². The first kappa shape index (κ1) is 20.5. The number of aromatic amines is 1. The zero-order valence-electron chi connectivity index (χ0n) is 17.3. The number of nitrogens with zero attached hydrogens (tertiary/aromatic N) is 3. The third kappa shape index (κ3) is 3.31. The van der Waals surface area contributed by atoms with Crippen molar-refractivity contribution in [2.45, 2.75) is 25.8 Å². The maximum absolute atomic E-state index is 14.5. The molecular formula is C23H20ClFN4O3. The summed E-state index contributed by atoms with van der Waals surface area (Å²) in [6.07, 6.45) is 1.24. The molecule has 0 spiro atoms. The van der Waals surface area contributed by atoms with Gasteiger partial charge >= 0.3 is 5.69 Å². The Morgan fingerprint density at radius 3 is 2.69 bits per heavy atom. The summed E-state index contributed by atoms with van der Waals surface area (Å²) >= 11 is 6.19. The fraction of sp³-hybridized carbons (Fsp3) is 0.261. The molecule has 164 valence electrons. The number of para-hydroxylation sites is 2. The molecule has 1 aliphatic rings. The Morgan fingerprint density at radius 1 is 1.19 bits per heavy atom. The van der Waals surface area contributed by atoms with E-state index in [1.54, 1.807) is 22.5 Å². The quantitative estimate of drug-likeness (QED) is 0.491. The number of aryl methyl sites for hydroxylation is 1. The number of hydrogen-bond acceptors (Lipinski definition) is 4. The van der Waals surface area contributed by atoms with Crippen molar-refractivity contribution in [3.8, 4) is 11.3 Å². The molecule has 2 aromatic heterocycles. The van der Waals surface area contributed by atoms with Crippen molar-refractivity contribution >= 4 is 28.5 Å². The molecule has 0 aliphatic carbocycles. The van der Waals surface area contributed by atoms with Crippen LogP contribution in [0.25, 0.3) is 22.3 Å². The summed E-state index contributed by atoms with van der Waals surface area (Å²) in [6.45, 7) is 2.52. The second-order valence-electron chi connectivity index (χ2n) is 7.90. The summed E-state index contributed by atoms with van der Waals surface area (Å²) in [6, 6.07) is 11.8. The Balaban J connectivity index is 1.41. The number of aromatic nitrogens is 3. The minimum atomic E-state index is -0.572. The van der Waals surface area contributed by atoms with Gasteiger partial charge in [-0.15, -0.1) is 0 Å². The van der Waals surface area contributed by atoms with Crippen LogP contribution in [0.4, 0.5) is 4.39 Å². The number of amides is 1. The van der Waals surface area contributed by atoms with Crippen LogP contribution in [0.1, 0.15) is 35.0 Å². The van der Waals surface area contributed by atoms with E-state index in [9.17, 15) is 14.0 Å². The lowest BCUT2D eigenvalue weighted by atomic mass is 10.0. The monoisotopic (exact) mass is 454 g/mol. The summed E-state index contributed by atoms with van der Waals surface area (Å²) in [7, 11) is 0. The number of carbonyl (C=O) groups is 1. The van der Waals surface area contributed by atoms with Crippen LogP contribution in [0, 0.1) is 12.7 Å². The van der Waals surface area contributed by atoms with Crippen LogP contribution < -0.4 is 5.69 Å². The zero-order valence-corrected chi connectivity index (χ0v) is 18.0. The Labute approximate surface area is 187 Å². The Kier molecular flexibility index (Phi) is 5.09. The van der Waals surface area contributed by atoms with Crippen LogP contribution in [0.15, 0.2) is 51.8 Å². The van der Waals surface area contributed by atoms with Crippen LogP contribution >= 0.6 is 11.6 Å². The number of carbonyl (C=O) groups excluding carboxylic acids is 1. The highest BCUT2D eigenvalue weighted by atomic mass is 35.5. The molecule has 0 unspecified atom stereocenters. The summed E-state index contributed by atoms with van der Waals surface area (Å²) < 4.78 is 21.5. The van der Waals surface area contributed by atoms with Crippen LogP contribution in [-0.4, -0.2) is 38.6 Å². The lowest BCUT2D eigenvalue weighted by Gasteiger charge is -2.32. The number of H-pyrrole nitrogens is 1. The summed E-state index contributed by atoms with van der Waals surface area (Å²) in [5.41, 5.74) is 1.86. The number of rotatable bonds is 3. The van der Waals surface area contributed by atoms with E-state index in [2.05, 4.69) is 10.1 Å². The van der Waals surface area contributed by atoms with Gasteiger partial charge in [-0.3, -0.25) is 9.36 Å². The number of piperidine rings is 1. The predicted octanol–water partition coefficient (Wildman–Crippen LogP) is 4.56. The van der Waals surface area contributed by atoms with Crippen molar-refractivity contribution in [1.29, 1.82) is 0 Å². The highest BCUT2D eigenvalue weighted by Gasteiger charge is 2.32. The van der Waals surface area contributed by atoms with Gasteiger partial charge in [0.1, 0.15) is 22.8 Å². The second kappa shape index (κ2) is 7.94. The molecule has 1 fully saturated rings. The van der Waals surface area contributed by atoms with Crippen molar-refractivity contribution in [1.82, 2.24) is 19.6 Å². The average Bonchev–Trinajstić information content (AvgIpc) is 3.32. The first-order valence-electron chi connectivity index (χ1n) is 10.3. The highest BCUT2D eigenvalue weighted by Crippen LogP contribution is 2.35. The lowest BCUT2D eigenvalue weighted by molar-refractivity contribution is 0.0694. The first-order chi connectivity index (χ1) is 15.5. The van der Waals surface area contributed by atoms with E-state index < -0.39 is 5.82 Å². The van der Waals surface area contributed by atoms with Crippen molar-refractivity contribution in [3.63, 3.8) is 0 Å². The van der Waals surface area contributed by atoms with Crippen molar-refractivity contribution in [3.05, 3.63) is 75.1 Å². The summed E-state index contributed by atoms with van der Waals surface area (Å²) in [5, 5.41) is 4.09. The third-order valence-corrected chi connectivity index (χ3v) is 6.33. The molecule has 1 aliphatic heterocycles. The van der Waals surface area contributed by atoms with Gasteiger partial charge in [-0.05, 0) is 44.0 Å². The van der Waals surface area contributed by atoms with E-state index in [1.165, 1.54) is 12.1 Å². The van der Waals surface area contributed by atoms with Gasteiger partial charge in [-0.2, -0.15) is 0 Å². The van der Waals surface area contributed by atoms with Crippen LogP contribution in [0.3, 0.4) is 0 Å². The van der Waals surface area contributed by atoms with E-state index in [4.69, 9.17) is 16.1 Å². The maximum Gasteiger partial charge on any atom is 0.326 e. The van der Waals surface area contributed by atoms with Gasteiger partial charge in [0.25, 0.3) is 5.91 Å². The van der Waals surface area contributed by atoms with Gasteiger partial charge in [-0.25, -0.2) is 9.18 Å². The molecule has 0 atom stereocenters. The number of nitrogens with one attached hydrogen (secondary N) is 1. The molecular weight excluding hydrogens is 435 g/mol. The van der Waals surface area contributed by atoms with Gasteiger partial charge < -0.3 is 14.4 Å². The van der Waals surface area contributed by atoms with E-state index in [0.29, 0.717) is 31.7 Å². The molecule has 1 N–H and O–H groups in total. The average molecular weight is 455 g/mol. The van der Waals surface area contributed by atoms with E-state index in [1.807, 2.05) is 24.3 Å². The van der Waals surface area contributed by atoms with Crippen molar-refractivity contribution in [2.24, 2.45) is 0 Å². The molecule has 1 amide bonds. The molecule has 9 heteroatoms. The molecule has 4 aromatic rings. The number of hydrogen-bond donors (Lipinski definition) is 1. The van der Waals surface area contributed by atoms with Crippen LogP contribution in [0.5, 0.6) is 0 Å². The van der Waals surface area contributed by atoms with Crippen LogP contribution in [0.2, 0.25) is 5.02 Å². The molecule has 1 saturated heterocycles. The fourth-order valence-electron chi connectivity index (χ4n) is 4.44. The van der Waals surface area contributed by atoms with E-state index in [0.717, 1.165) is 11.0 Å². The molecule has 3 heterocycles. The number of fused-ring (bicyclic) bond motifs is 1. The third-order valence-electron chi connectivity index (χ3n) is 6.02. The topological polar surface area (TPSA) is 84.1 Å². The highest BCUT2D eigenvalue weighted by molar-refractivity contribution is 6.33. The second-order valence-corrected chi connectivity index (χ2v) is 8.31. The molecule has 0 bridgehead atoms. The first-order valence-corrected chi connectivity index (χ1v) is 10.7. The van der Waals surface area contributed by atoms with Gasteiger partial charge in [0.2, 0.25) is 0 Å². The number of likely N-dealkylation sites (tertiary alicyclic amines) is 1. The van der Waals surface area contributed by atoms with Gasteiger partial charge in [0, 0.05) is 19.1 Å². The summed E-state index contributed by atoms with van der Waals surface area (Å²) in [5.74, 6) is -0.556. The maximum atomic E-state index is 14.5. The van der Waals surface area contributed by atoms with Gasteiger partial charge in [0.05, 0.1) is 21.6 Å². The predicted molar refractivity (Wildman–Crippen MR) is 118 cm³/mol. The SMILES string of the molecule is Cc1onc(-c2c(F)cccc2Cl)c1C(=O)N1CCC(n2c(=O)[nH]c3ccccc32)CC1. The summed E-state index contributed by atoms with van der Waals surface area (Å²) in [4.78, 5) is 30.4. The minimum absolute atomic E-state index is 0.0215. The standard InChI is InChI=1S/C23H20ClFN4O3/c1-13-19(21(27-32-13)20-15(24)5-4-6-16(20)25)22(30)28-11-9-14(10-12-28)29-18-8-3-2-7-17(18)26-23(29)31/h2-8,14H,9-12H2,1H3,(H,26,31). The minimum Gasteiger partial charge on any atom is -0.360 e. The Bertz CT molecular complexity index is 1360. The molecule has 2 aromatic carbocycles. The Hall–Kier alpha value is -3.39. The normalized spacial score (nSPS) is 14.9. The molecule has 0 radical (unpaired) electrons. The lowest BCUT2D eigenvalue weighted by Crippen LogP contribution is -2.40. The number of halogens is 2. The smallest absolute Gasteiger partial charge is 0.326 e. The Morgan fingerprint density at radius 2 is 1.94 bits per heavy atom. The van der Waals surface area contributed by atoms with E-state index in [-0.39, 0.29) is 39.5 Å². The number of benzene rings is 2. The van der Waals surface area contributed by atoms with Crippen molar-refractivity contribution in [2.75, 3.05) is 13.1 Å². The fourth-order valence-corrected chi connectivity index (χ4v) is 4.69. The van der Waals surface area contributed by atoms with Crippen molar-refractivity contribution < 1.29 is 13.7 Å². The zero-order chi connectivity index (χ0) is 22.4. The number of imidazole rings is 1.